The second-order valence-electron chi connectivity index (χ2n) is 5.96. The zero-order chi connectivity index (χ0) is 19.0. The van der Waals surface area contributed by atoms with Crippen LogP contribution in [-0.4, -0.2) is 11.8 Å². The number of thiophene rings is 1. The fraction of sp³-hybridized carbons (Fsp3) is 0.0476. The molecular weight excluding hydrogens is 367 g/mol. The number of fused-ring (bicyclic) bond motifs is 1. The number of esters is 1. The van der Waals surface area contributed by atoms with E-state index in [1.807, 2.05) is 18.4 Å². The number of halogens is 1. The van der Waals surface area contributed by atoms with Crippen molar-refractivity contribution in [1.82, 2.24) is 0 Å². The molecule has 0 saturated heterocycles. The lowest BCUT2D eigenvalue weighted by Gasteiger charge is -2.05. The predicted molar refractivity (Wildman–Crippen MR) is 99.8 cm³/mol. The molecule has 0 amide bonds. The maximum absolute atomic E-state index is 13.0. The van der Waals surface area contributed by atoms with Crippen LogP contribution in [0, 0.1) is 12.7 Å². The molecule has 3 aromatic rings. The number of Topliss-reactive ketones (excluding diaryl/α,β-unsaturated/α-hetero) is 1. The Kier molecular flexibility index (Phi) is 4.33. The number of carbonyl (C=O) groups excluding carboxylic acids is 2. The lowest BCUT2D eigenvalue weighted by molar-refractivity contribution is 0.0734. The van der Waals surface area contributed by atoms with Crippen molar-refractivity contribution in [3.05, 3.63) is 87.1 Å². The Hall–Kier alpha value is -3.25. The number of allylic oxidation sites excluding steroid dienone is 1. The Morgan fingerprint density at radius 2 is 1.93 bits per heavy atom. The van der Waals surface area contributed by atoms with Gasteiger partial charge in [-0.2, -0.15) is 0 Å². The molecule has 4 nitrogen and oxygen atoms in total. The van der Waals surface area contributed by atoms with Crippen molar-refractivity contribution < 1.29 is 23.5 Å². The van der Waals surface area contributed by atoms with Gasteiger partial charge in [-0.1, -0.05) is 0 Å². The lowest BCUT2D eigenvalue weighted by Crippen LogP contribution is -2.08. The molecule has 0 radical (unpaired) electrons. The minimum Gasteiger partial charge on any atom is -0.452 e. The third-order valence-corrected chi connectivity index (χ3v) is 5.06. The maximum atomic E-state index is 13.0. The normalized spacial score (nSPS) is 14.1. The van der Waals surface area contributed by atoms with Crippen molar-refractivity contribution in [2.75, 3.05) is 0 Å². The van der Waals surface area contributed by atoms with Crippen LogP contribution >= 0.6 is 11.3 Å². The molecule has 0 spiro atoms. The predicted octanol–water partition coefficient (Wildman–Crippen LogP) is 5.03. The fourth-order valence-corrected chi connectivity index (χ4v) is 3.48. The van der Waals surface area contributed by atoms with Crippen molar-refractivity contribution in [3.63, 3.8) is 0 Å². The van der Waals surface area contributed by atoms with Crippen LogP contribution in [0.1, 0.15) is 31.2 Å². The topological polar surface area (TPSA) is 52.6 Å². The van der Waals surface area contributed by atoms with Crippen LogP contribution in [0.15, 0.2) is 59.7 Å². The molecule has 27 heavy (non-hydrogen) atoms. The van der Waals surface area contributed by atoms with Crippen molar-refractivity contribution in [1.29, 1.82) is 0 Å². The molecule has 2 heterocycles. The summed E-state index contributed by atoms with van der Waals surface area (Å²) in [7, 11) is 0. The van der Waals surface area contributed by atoms with Crippen molar-refractivity contribution >= 4 is 29.2 Å². The van der Waals surface area contributed by atoms with Crippen molar-refractivity contribution in [2.45, 2.75) is 6.92 Å². The highest BCUT2D eigenvalue weighted by Gasteiger charge is 2.28. The van der Waals surface area contributed by atoms with E-state index >= 15 is 0 Å². The summed E-state index contributed by atoms with van der Waals surface area (Å²) >= 11 is 1.52. The molecule has 0 saturated carbocycles. The number of hydrogen-bond donors (Lipinski definition) is 0. The molecule has 2 aromatic carbocycles. The van der Waals surface area contributed by atoms with Gasteiger partial charge in [0.2, 0.25) is 5.78 Å². The van der Waals surface area contributed by atoms with Crippen LogP contribution in [-0.2, 0) is 0 Å². The Balaban J connectivity index is 1.56. The summed E-state index contributed by atoms with van der Waals surface area (Å²) in [6.45, 7) is 1.96. The van der Waals surface area contributed by atoms with E-state index in [4.69, 9.17) is 9.47 Å². The van der Waals surface area contributed by atoms with Crippen LogP contribution in [0.25, 0.3) is 6.08 Å². The molecule has 4 rings (SSSR count). The maximum Gasteiger partial charge on any atom is 0.343 e. The highest BCUT2D eigenvalue weighted by Crippen LogP contribution is 2.35. The monoisotopic (exact) mass is 380 g/mol. The van der Waals surface area contributed by atoms with E-state index in [0.717, 1.165) is 10.4 Å². The first-order valence-electron chi connectivity index (χ1n) is 8.11. The van der Waals surface area contributed by atoms with E-state index < -0.39 is 11.8 Å². The van der Waals surface area contributed by atoms with E-state index in [1.54, 1.807) is 12.1 Å². The summed E-state index contributed by atoms with van der Waals surface area (Å²) in [4.78, 5) is 25.6. The molecule has 1 aliphatic heterocycles. The van der Waals surface area contributed by atoms with Gasteiger partial charge in [0.1, 0.15) is 17.3 Å². The fourth-order valence-electron chi connectivity index (χ4n) is 2.63. The minimum absolute atomic E-state index is 0.214. The van der Waals surface area contributed by atoms with Gasteiger partial charge in [0.25, 0.3) is 0 Å². The van der Waals surface area contributed by atoms with E-state index in [-0.39, 0.29) is 22.9 Å². The van der Waals surface area contributed by atoms with Gasteiger partial charge in [-0.05, 0) is 60.3 Å². The van der Waals surface area contributed by atoms with Gasteiger partial charge in [0, 0.05) is 17.0 Å². The summed E-state index contributed by atoms with van der Waals surface area (Å²) in [6.07, 6.45) is 1.71. The first-order chi connectivity index (χ1) is 13.0. The van der Waals surface area contributed by atoms with Gasteiger partial charge in [-0.3, -0.25) is 4.79 Å². The third kappa shape index (κ3) is 3.39. The Morgan fingerprint density at radius 1 is 1.15 bits per heavy atom. The number of carbonyl (C=O) groups is 2. The SMILES string of the molecule is Cc1ccsc1/C=C1\Oc2cc(OC(=O)c3ccc(F)cc3)ccc2C1=O. The summed E-state index contributed by atoms with van der Waals surface area (Å²) in [5.41, 5.74) is 1.70. The van der Waals surface area contributed by atoms with Gasteiger partial charge in [-0.15, -0.1) is 11.3 Å². The first-order valence-corrected chi connectivity index (χ1v) is 8.99. The molecule has 0 atom stereocenters. The first kappa shape index (κ1) is 17.2. The summed E-state index contributed by atoms with van der Waals surface area (Å²) < 4.78 is 23.9. The van der Waals surface area contributed by atoms with Crippen LogP contribution in [0.2, 0.25) is 0 Å². The van der Waals surface area contributed by atoms with E-state index in [0.29, 0.717) is 11.3 Å². The quantitative estimate of drug-likeness (QED) is 0.363. The molecule has 0 unspecified atom stereocenters. The van der Waals surface area contributed by atoms with Crippen molar-refractivity contribution in [2.24, 2.45) is 0 Å². The molecule has 1 aliphatic rings. The molecule has 0 bridgehead atoms. The summed E-state index contributed by atoms with van der Waals surface area (Å²) in [6, 6.07) is 11.6. The number of ketones is 1. The molecule has 6 heteroatoms. The van der Waals surface area contributed by atoms with Crippen LogP contribution in [0.5, 0.6) is 11.5 Å². The number of hydrogen-bond acceptors (Lipinski definition) is 5. The van der Waals surface area contributed by atoms with E-state index in [1.165, 1.54) is 47.7 Å². The molecular formula is C21H13FO4S. The molecule has 0 aliphatic carbocycles. The molecule has 134 valence electrons. The van der Waals surface area contributed by atoms with Crippen LogP contribution in [0.4, 0.5) is 4.39 Å². The zero-order valence-electron chi connectivity index (χ0n) is 14.2. The average Bonchev–Trinajstić information content (AvgIpc) is 3.19. The summed E-state index contributed by atoms with van der Waals surface area (Å²) in [5.74, 6) is -0.457. The number of benzene rings is 2. The molecule has 0 fully saturated rings. The van der Waals surface area contributed by atoms with Gasteiger partial charge < -0.3 is 9.47 Å². The van der Waals surface area contributed by atoms with Gasteiger partial charge in [-0.25, -0.2) is 9.18 Å². The third-order valence-electron chi connectivity index (χ3n) is 4.10. The Bertz CT molecular complexity index is 1080. The van der Waals surface area contributed by atoms with Gasteiger partial charge in [0.15, 0.2) is 5.76 Å². The lowest BCUT2D eigenvalue weighted by atomic mass is 10.1. The number of rotatable bonds is 3. The van der Waals surface area contributed by atoms with Gasteiger partial charge in [0.05, 0.1) is 11.1 Å². The van der Waals surface area contributed by atoms with Crippen LogP contribution in [0.3, 0.4) is 0 Å². The molecule has 0 N–H and O–H groups in total. The van der Waals surface area contributed by atoms with Gasteiger partial charge >= 0.3 is 5.97 Å². The summed E-state index contributed by atoms with van der Waals surface area (Å²) in [5, 5.41) is 1.95. The standard InChI is InChI=1S/C21H13FO4S/c1-12-8-9-27-19(12)11-18-20(23)16-7-6-15(10-17(16)26-18)25-21(24)13-2-4-14(22)5-3-13/h2-11H,1H3/b18-11-. The Morgan fingerprint density at radius 3 is 2.63 bits per heavy atom. The smallest absolute Gasteiger partial charge is 0.343 e. The largest absolute Gasteiger partial charge is 0.452 e. The van der Waals surface area contributed by atoms with Crippen LogP contribution < -0.4 is 9.47 Å². The second-order valence-corrected chi connectivity index (χ2v) is 6.91. The van der Waals surface area contributed by atoms with Crippen molar-refractivity contribution in [3.8, 4) is 11.5 Å². The second kappa shape index (κ2) is 6.81. The van der Waals surface area contributed by atoms with E-state index in [2.05, 4.69) is 0 Å². The number of ether oxygens (including phenoxy) is 2. The number of aryl methyl sites for hydroxylation is 1. The minimum atomic E-state index is -0.621. The molecule has 1 aromatic heterocycles. The average molecular weight is 380 g/mol. The highest BCUT2D eigenvalue weighted by molar-refractivity contribution is 7.11. The highest BCUT2D eigenvalue weighted by atomic mass is 32.1. The Labute approximate surface area is 158 Å². The zero-order valence-corrected chi connectivity index (χ0v) is 15.0. The van der Waals surface area contributed by atoms with E-state index in [9.17, 15) is 14.0 Å².